The van der Waals surface area contributed by atoms with Crippen molar-refractivity contribution in [3.8, 4) is 5.75 Å². The van der Waals surface area contributed by atoms with E-state index in [1.54, 1.807) is 0 Å². The molecule has 2 aromatic carbocycles. The number of fused-ring (bicyclic) bond motifs is 1. The molecule has 0 bridgehead atoms. The standard InChI is InChI=1S/C26H30N2O3/c1-4-16-31-21-13-11-20(12-14-21)23-24(26(30)28(25(23)29)17-18(2)3)27-15-7-9-19-8-5-6-10-22(19)27/h5-6,8,10-14,18H,4,7,9,15-17H2,1-3H3. The number of amides is 2. The van der Waals surface area contributed by atoms with Crippen LogP contribution < -0.4 is 9.64 Å². The van der Waals surface area contributed by atoms with Gasteiger partial charge in [0.1, 0.15) is 11.4 Å². The fourth-order valence-electron chi connectivity index (χ4n) is 4.31. The number of carbonyl (C=O) groups is 2. The Labute approximate surface area is 184 Å². The summed E-state index contributed by atoms with van der Waals surface area (Å²) in [4.78, 5) is 30.5. The summed E-state index contributed by atoms with van der Waals surface area (Å²) in [5.74, 6) is 0.564. The van der Waals surface area contributed by atoms with Crippen molar-refractivity contribution in [3.63, 3.8) is 0 Å². The van der Waals surface area contributed by atoms with Crippen molar-refractivity contribution in [1.29, 1.82) is 0 Å². The van der Waals surface area contributed by atoms with Crippen LogP contribution in [0.4, 0.5) is 5.69 Å². The highest BCUT2D eigenvalue weighted by Crippen LogP contribution is 2.38. The number of anilines is 1. The van der Waals surface area contributed by atoms with E-state index in [9.17, 15) is 9.59 Å². The van der Waals surface area contributed by atoms with Gasteiger partial charge in [-0.2, -0.15) is 0 Å². The minimum absolute atomic E-state index is 0.197. The topological polar surface area (TPSA) is 49.9 Å². The summed E-state index contributed by atoms with van der Waals surface area (Å²) >= 11 is 0. The van der Waals surface area contributed by atoms with Crippen LogP contribution in [0.5, 0.6) is 5.75 Å². The number of rotatable bonds is 7. The fourth-order valence-corrected chi connectivity index (χ4v) is 4.31. The van der Waals surface area contributed by atoms with Crippen LogP contribution in [-0.2, 0) is 16.0 Å². The van der Waals surface area contributed by atoms with Crippen LogP contribution in [0, 0.1) is 5.92 Å². The first-order chi connectivity index (χ1) is 15.0. The molecular weight excluding hydrogens is 388 g/mol. The Morgan fingerprint density at radius 1 is 1.00 bits per heavy atom. The summed E-state index contributed by atoms with van der Waals surface area (Å²) in [5, 5.41) is 0. The third-order valence-electron chi connectivity index (χ3n) is 5.69. The average Bonchev–Trinajstić information content (AvgIpc) is 3.02. The van der Waals surface area contributed by atoms with Crippen LogP contribution >= 0.6 is 0 Å². The van der Waals surface area contributed by atoms with Gasteiger partial charge in [-0.3, -0.25) is 14.5 Å². The van der Waals surface area contributed by atoms with Gasteiger partial charge in [-0.1, -0.05) is 51.1 Å². The van der Waals surface area contributed by atoms with Gasteiger partial charge in [0.15, 0.2) is 0 Å². The Morgan fingerprint density at radius 3 is 2.45 bits per heavy atom. The molecule has 2 aromatic rings. The van der Waals surface area contributed by atoms with E-state index in [2.05, 4.69) is 17.9 Å². The van der Waals surface area contributed by atoms with Crippen molar-refractivity contribution in [3.05, 3.63) is 65.4 Å². The predicted octanol–water partition coefficient (Wildman–Crippen LogP) is 4.66. The molecule has 0 atom stereocenters. The van der Waals surface area contributed by atoms with Crippen LogP contribution in [0.3, 0.4) is 0 Å². The van der Waals surface area contributed by atoms with E-state index in [1.807, 2.05) is 56.3 Å². The van der Waals surface area contributed by atoms with Gasteiger partial charge in [-0.15, -0.1) is 0 Å². The largest absolute Gasteiger partial charge is 0.494 e. The third-order valence-corrected chi connectivity index (χ3v) is 5.69. The second-order valence-electron chi connectivity index (χ2n) is 8.60. The maximum atomic E-state index is 13.5. The zero-order valence-corrected chi connectivity index (χ0v) is 18.6. The smallest absolute Gasteiger partial charge is 0.278 e. The van der Waals surface area contributed by atoms with Gasteiger partial charge in [0, 0.05) is 18.8 Å². The number of aryl methyl sites for hydroxylation is 1. The highest BCUT2D eigenvalue weighted by atomic mass is 16.5. The number of imide groups is 1. The van der Waals surface area contributed by atoms with Crippen molar-refractivity contribution in [1.82, 2.24) is 4.90 Å². The van der Waals surface area contributed by atoms with Crippen molar-refractivity contribution in [2.24, 2.45) is 5.92 Å². The molecule has 2 aliphatic rings. The molecule has 2 heterocycles. The molecule has 0 saturated carbocycles. The monoisotopic (exact) mass is 418 g/mol. The summed E-state index contributed by atoms with van der Waals surface area (Å²) in [5.41, 5.74) is 3.99. The van der Waals surface area contributed by atoms with Crippen molar-refractivity contribution >= 4 is 23.1 Å². The molecule has 0 unspecified atom stereocenters. The van der Waals surface area contributed by atoms with E-state index < -0.39 is 0 Å². The predicted molar refractivity (Wildman–Crippen MR) is 123 cm³/mol. The van der Waals surface area contributed by atoms with Gasteiger partial charge >= 0.3 is 0 Å². The lowest BCUT2D eigenvalue weighted by Gasteiger charge is -2.32. The zero-order chi connectivity index (χ0) is 22.0. The summed E-state index contributed by atoms with van der Waals surface area (Å²) in [7, 11) is 0. The minimum Gasteiger partial charge on any atom is -0.494 e. The summed E-state index contributed by atoms with van der Waals surface area (Å²) in [6, 6.07) is 15.7. The van der Waals surface area contributed by atoms with Gasteiger partial charge in [0.05, 0.1) is 12.2 Å². The number of ether oxygens (including phenoxy) is 1. The number of para-hydroxylation sites is 1. The molecule has 2 aliphatic heterocycles. The van der Waals surface area contributed by atoms with E-state index in [0.29, 0.717) is 24.4 Å². The molecule has 5 heteroatoms. The van der Waals surface area contributed by atoms with E-state index >= 15 is 0 Å². The van der Waals surface area contributed by atoms with Crippen LogP contribution in [0.1, 0.15) is 44.7 Å². The lowest BCUT2D eigenvalue weighted by molar-refractivity contribution is -0.137. The Balaban J connectivity index is 1.80. The van der Waals surface area contributed by atoms with E-state index in [1.165, 1.54) is 10.5 Å². The van der Waals surface area contributed by atoms with Crippen molar-refractivity contribution < 1.29 is 14.3 Å². The Morgan fingerprint density at radius 2 is 1.74 bits per heavy atom. The van der Waals surface area contributed by atoms with Gasteiger partial charge in [-0.25, -0.2) is 0 Å². The second-order valence-corrected chi connectivity index (χ2v) is 8.60. The van der Waals surface area contributed by atoms with Crippen LogP contribution in [0.25, 0.3) is 5.57 Å². The lowest BCUT2D eigenvalue weighted by atomic mass is 9.98. The molecule has 0 spiro atoms. The molecule has 2 amide bonds. The first-order valence-corrected chi connectivity index (χ1v) is 11.2. The SMILES string of the molecule is CCCOc1ccc(C2=C(N3CCCc4ccccc43)C(=O)N(CC(C)C)C2=O)cc1. The maximum Gasteiger partial charge on any atom is 0.278 e. The molecule has 0 aliphatic carbocycles. The van der Waals surface area contributed by atoms with E-state index in [-0.39, 0.29) is 17.7 Å². The average molecular weight is 419 g/mol. The molecule has 31 heavy (non-hydrogen) atoms. The number of hydrogen-bond acceptors (Lipinski definition) is 4. The summed E-state index contributed by atoms with van der Waals surface area (Å²) < 4.78 is 5.70. The van der Waals surface area contributed by atoms with Crippen molar-refractivity contribution in [2.45, 2.75) is 40.0 Å². The van der Waals surface area contributed by atoms with Crippen LogP contribution in [0.15, 0.2) is 54.2 Å². The third kappa shape index (κ3) is 4.09. The molecule has 0 radical (unpaired) electrons. The summed E-state index contributed by atoms with van der Waals surface area (Å²) in [6.45, 7) is 7.90. The minimum atomic E-state index is -0.209. The van der Waals surface area contributed by atoms with E-state index in [4.69, 9.17) is 4.74 Å². The normalized spacial score (nSPS) is 16.4. The van der Waals surface area contributed by atoms with Crippen LogP contribution in [0.2, 0.25) is 0 Å². The quantitative estimate of drug-likeness (QED) is 0.614. The first-order valence-electron chi connectivity index (χ1n) is 11.2. The Kier molecular flexibility index (Phi) is 6.12. The molecular formula is C26H30N2O3. The highest BCUT2D eigenvalue weighted by Gasteiger charge is 2.42. The highest BCUT2D eigenvalue weighted by molar-refractivity contribution is 6.36. The maximum absolute atomic E-state index is 13.5. The van der Waals surface area contributed by atoms with E-state index in [0.717, 1.165) is 42.8 Å². The fraction of sp³-hybridized carbons (Fsp3) is 0.385. The number of benzene rings is 2. The molecule has 0 aromatic heterocycles. The van der Waals surface area contributed by atoms with Gasteiger partial charge in [0.2, 0.25) is 0 Å². The Hall–Kier alpha value is -3.08. The Bertz CT molecular complexity index is 1010. The second kappa shape index (κ2) is 8.96. The number of nitrogens with zero attached hydrogens (tertiary/aromatic N) is 2. The van der Waals surface area contributed by atoms with Gasteiger partial charge in [-0.05, 0) is 54.5 Å². The van der Waals surface area contributed by atoms with Crippen molar-refractivity contribution in [2.75, 3.05) is 24.6 Å². The molecule has 0 fully saturated rings. The summed E-state index contributed by atoms with van der Waals surface area (Å²) in [6.07, 6.45) is 2.86. The number of carbonyl (C=O) groups excluding carboxylic acids is 2. The van der Waals surface area contributed by atoms with Gasteiger partial charge in [0.25, 0.3) is 11.8 Å². The molecule has 5 nitrogen and oxygen atoms in total. The molecule has 0 saturated heterocycles. The molecule has 0 N–H and O–H groups in total. The van der Waals surface area contributed by atoms with Gasteiger partial charge < -0.3 is 9.64 Å². The lowest BCUT2D eigenvalue weighted by Crippen LogP contribution is -2.38. The molecule has 162 valence electrons. The van der Waals surface area contributed by atoms with Crippen LogP contribution in [-0.4, -0.2) is 36.4 Å². The first kappa shape index (κ1) is 21.2. The molecule has 4 rings (SSSR count). The zero-order valence-electron chi connectivity index (χ0n) is 18.6. The number of hydrogen-bond donors (Lipinski definition) is 0.